The lowest BCUT2D eigenvalue weighted by atomic mass is 10.2. The first kappa shape index (κ1) is 17.7. The Balaban J connectivity index is 1.38. The van der Waals surface area contributed by atoms with Crippen molar-refractivity contribution < 1.29 is 13.9 Å². The van der Waals surface area contributed by atoms with Crippen molar-refractivity contribution in [2.45, 2.75) is 19.1 Å². The SMILES string of the molecule is COc1ccccc1N1Cc2nn(-c3ccc(N4CC[C@@H](F)C4)nc3)cc2C1=O. The van der Waals surface area contributed by atoms with Crippen molar-refractivity contribution >= 4 is 17.4 Å². The number of aromatic nitrogens is 3. The van der Waals surface area contributed by atoms with E-state index in [0.29, 0.717) is 43.1 Å². The molecular formula is C21H20FN5O2. The van der Waals surface area contributed by atoms with E-state index in [1.807, 2.05) is 41.3 Å². The monoisotopic (exact) mass is 393 g/mol. The Labute approximate surface area is 167 Å². The average molecular weight is 393 g/mol. The number of para-hydroxylation sites is 2. The maximum Gasteiger partial charge on any atom is 0.262 e. The Morgan fingerprint density at radius 1 is 1.21 bits per heavy atom. The summed E-state index contributed by atoms with van der Waals surface area (Å²) in [4.78, 5) is 21.0. The van der Waals surface area contributed by atoms with E-state index >= 15 is 0 Å². The quantitative estimate of drug-likeness (QED) is 0.682. The van der Waals surface area contributed by atoms with Crippen LogP contribution in [0.2, 0.25) is 0 Å². The molecule has 0 radical (unpaired) electrons. The van der Waals surface area contributed by atoms with Crippen molar-refractivity contribution in [1.82, 2.24) is 14.8 Å². The van der Waals surface area contributed by atoms with Gasteiger partial charge in [0, 0.05) is 12.7 Å². The smallest absolute Gasteiger partial charge is 0.262 e. The molecule has 0 spiro atoms. The fourth-order valence-corrected chi connectivity index (χ4v) is 3.88. The van der Waals surface area contributed by atoms with E-state index in [1.165, 1.54) is 0 Å². The van der Waals surface area contributed by atoms with Crippen LogP contribution in [0.4, 0.5) is 15.9 Å². The lowest BCUT2D eigenvalue weighted by Gasteiger charge is -2.19. The number of pyridine rings is 1. The van der Waals surface area contributed by atoms with Gasteiger partial charge in [-0.15, -0.1) is 0 Å². The number of nitrogens with zero attached hydrogens (tertiary/aromatic N) is 5. The van der Waals surface area contributed by atoms with Crippen LogP contribution >= 0.6 is 0 Å². The van der Waals surface area contributed by atoms with Crippen molar-refractivity contribution in [3.05, 3.63) is 60.0 Å². The number of anilines is 2. The van der Waals surface area contributed by atoms with Gasteiger partial charge in [-0.05, 0) is 30.7 Å². The number of hydrogen-bond acceptors (Lipinski definition) is 5. The average Bonchev–Trinajstić information content (AvgIpc) is 3.44. The first-order valence-corrected chi connectivity index (χ1v) is 9.53. The molecule has 2 aliphatic rings. The number of carbonyl (C=O) groups is 1. The topological polar surface area (TPSA) is 63.5 Å². The van der Waals surface area contributed by atoms with Crippen molar-refractivity contribution in [2.75, 3.05) is 30.0 Å². The number of methoxy groups -OCH3 is 1. The summed E-state index contributed by atoms with van der Waals surface area (Å²) in [6.45, 7) is 1.45. The highest BCUT2D eigenvalue weighted by molar-refractivity contribution is 6.10. The van der Waals surface area contributed by atoms with E-state index in [4.69, 9.17) is 4.74 Å². The highest BCUT2D eigenvalue weighted by Gasteiger charge is 2.33. The Kier molecular flexibility index (Phi) is 4.19. The summed E-state index contributed by atoms with van der Waals surface area (Å²) in [5, 5.41) is 4.58. The van der Waals surface area contributed by atoms with Crippen molar-refractivity contribution in [3.63, 3.8) is 0 Å². The molecule has 3 aromatic rings. The Morgan fingerprint density at radius 2 is 2.07 bits per heavy atom. The van der Waals surface area contributed by atoms with Crippen molar-refractivity contribution in [3.8, 4) is 11.4 Å². The summed E-state index contributed by atoms with van der Waals surface area (Å²) >= 11 is 0. The molecule has 1 aromatic carbocycles. The molecule has 2 aliphatic heterocycles. The second-order valence-electron chi connectivity index (χ2n) is 7.20. The van der Waals surface area contributed by atoms with Crippen molar-refractivity contribution in [2.24, 2.45) is 0 Å². The molecule has 1 atom stereocenters. The van der Waals surface area contributed by atoms with E-state index in [-0.39, 0.29) is 5.91 Å². The summed E-state index contributed by atoms with van der Waals surface area (Å²) in [5.74, 6) is 1.30. The molecule has 8 heteroatoms. The van der Waals surface area contributed by atoms with Crippen LogP contribution in [-0.4, -0.2) is 47.0 Å². The number of alkyl halides is 1. The predicted octanol–water partition coefficient (Wildman–Crippen LogP) is 2.98. The van der Waals surface area contributed by atoms with Crippen LogP contribution < -0.4 is 14.5 Å². The van der Waals surface area contributed by atoms with Gasteiger partial charge in [-0.25, -0.2) is 14.1 Å². The standard InChI is InChI=1S/C21H20FN5O2/c1-29-19-5-3-2-4-18(19)26-13-17-16(21(26)28)12-27(24-17)15-6-7-20(23-10-15)25-9-8-14(22)11-25/h2-7,10,12,14H,8-9,11,13H2,1H3/t14-/m1/s1. The molecule has 4 heterocycles. The zero-order valence-corrected chi connectivity index (χ0v) is 16.0. The Bertz CT molecular complexity index is 1070. The molecule has 0 aliphatic carbocycles. The van der Waals surface area contributed by atoms with Crippen LogP contribution in [0.15, 0.2) is 48.8 Å². The highest BCUT2D eigenvalue weighted by atomic mass is 19.1. The maximum atomic E-state index is 13.4. The largest absolute Gasteiger partial charge is 0.495 e. The van der Waals surface area contributed by atoms with E-state index < -0.39 is 6.17 Å². The lowest BCUT2D eigenvalue weighted by molar-refractivity contribution is 0.0995. The summed E-state index contributed by atoms with van der Waals surface area (Å²) in [7, 11) is 1.59. The van der Waals surface area contributed by atoms with Crippen LogP contribution in [0.1, 0.15) is 22.5 Å². The number of hydrogen-bond donors (Lipinski definition) is 0. The van der Waals surface area contributed by atoms with Crippen molar-refractivity contribution in [1.29, 1.82) is 0 Å². The number of benzene rings is 1. The molecule has 0 unspecified atom stereocenters. The summed E-state index contributed by atoms with van der Waals surface area (Å²) < 4.78 is 20.5. The van der Waals surface area contributed by atoms with Crippen LogP contribution in [0.5, 0.6) is 5.75 Å². The van der Waals surface area contributed by atoms with Gasteiger partial charge in [-0.3, -0.25) is 9.69 Å². The number of ether oxygens (including phenoxy) is 1. The van der Waals surface area contributed by atoms with Gasteiger partial charge in [-0.1, -0.05) is 12.1 Å². The molecular weight excluding hydrogens is 373 g/mol. The van der Waals surface area contributed by atoms with Gasteiger partial charge in [0.05, 0.1) is 49.0 Å². The van der Waals surface area contributed by atoms with E-state index in [2.05, 4.69) is 10.1 Å². The number of amides is 1. The summed E-state index contributed by atoms with van der Waals surface area (Å²) in [6, 6.07) is 11.2. The number of carbonyl (C=O) groups excluding carboxylic acids is 1. The minimum Gasteiger partial charge on any atom is -0.495 e. The Hall–Kier alpha value is -3.42. The Morgan fingerprint density at radius 3 is 2.76 bits per heavy atom. The minimum absolute atomic E-state index is 0.105. The molecule has 1 saturated heterocycles. The zero-order chi connectivity index (χ0) is 20.0. The fourth-order valence-electron chi connectivity index (χ4n) is 3.88. The molecule has 29 heavy (non-hydrogen) atoms. The fraction of sp³-hybridized carbons (Fsp3) is 0.286. The first-order valence-electron chi connectivity index (χ1n) is 9.53. The van der Waals surface area contributed by atoms with E-state index in [9.17, 15) is 9.18 Å². The molecule has 1 amide bonds. The van der Waals surface area contributed by atoms with E-state index in [1.54, 1.807) is 29.1 Å². The number of fused-ring (bicyclic) bond motifs is 1. The van der Waals surface area contributed by atoms with Gasteiger partial charge in [0.1, 0.15) is 17.7 Å². The molecule has 1 fully saturated rings. The second-order valence-corrected chi connectivity index (χ2v) is 7.20. The molecule has 0 N–H and O–H groups in total. The molecule has 5 rings (SSSR count). The third kappa shape index (κ3) is 3.00. The van der Waals surface area contributed by atoms with Gasteiger partial charge < -0.3 is 9.64 Å². The maximum absolute atomic E-state index is 13.4. The minimum atomic E-state index is -0.789. The molecule has 2 aromatic heterocycles. The molecule has 7 nitrogen and oxygen atoms in total. The van der Waals surface area contributed by atoms with Crippen LogP contribution in [0.3, 0.4) is 0 Å². The lowest BCUT2D eigenvalue weighted by Crippen LogP contribution is -2.24. The highest BCUT2D eigenvalue weighted by Crippen LogP contribution is 2.34. The summed E-state index contributed by atoms with van der Waals surface area (Å²) in [5.41, 5.74) is 2.77. The first-order chi connectivity index (χ1) is 14.1. The van der Waals surface area contributed by atoms with Crippen LogP contribution in [0.25, 0.3) is 5.69 Å². The van der Waals surface area contributed by atoms with Gasteiger partial charge in [0.15, 0.2) is 0 Å². The summed E-state index contributed by atoms with van der Waals surface area (Å²) in [6.07, 6.45) is 3.19. The van der Waals surface area contributed by atoms with Gasteiger partial charge in [0.2, 0.25) is 0 Å². The van der Waals surface area contributed by atoms with Gasteiger partial charge in [-0.2, -0.15) is 5.10 Å². The molecule has 0 bridgehead atoms. The van der Waals surface area contributed by atoms with E-state index in [0.717, 1.165) is 17.2 Å². The second kappa shape index (κ2) is 6.88. The zero-order valence-electron chi connectivity index (χ0n) is 16.0. The molecule has 148 valence electrons. The number of rotatable bonds is 4. The number of halogens is 1. The predicted molar refractivity (Wildman–Crippen MR) is 107 cm³/mol. The van der Waals surface area contributed by atoms with Gasteiger partial charge in [0.25, 0.3) is 5.91 Å². The van der Waals surface area contributed by atoms with Crippen LogP contribution in [-0.2, 0) is 6.54 Å². The molecule has 0 saturated carbocycles. The third-order valence-electron chi connectivity index (χ3n) is 5.40. The third-order valence-corrected chi connectivity index (χ3v) is 5.40. The normalized spacial score (nSPS) is 18.4. The van der Waals surface area contributed by atoms with Gasteiger partial charge >= 0.3 is 0 Å². The van der Waals surface area contributed by atoms with Crippen LogP contribution in [0, 0.1) is 0 Å².